The summed E-state index contributed by atoms with van der Waals surface area (Å²) in [6.45, 7) is 5.73. The van der Waals surface area contributed by atoms with Gasteiger partial charge < -0.3 is 5.11 Å². The monoisotopic (exact) mass is 184 g/mol. The predicted molar refractivity (Wildman–Crippen MR) is 52.4 cm³/mol. The Morgan fingerprint density at radius 2 is 1.77 bits per heavy atom. The highest BCUT2D eigenvalue weighted by Crippen LogP contribution is 2.41. The molecule has 0 radical (unpaired) electrons. The Labute approximate surface area is 80.3 Å². The molecule has 76 valence electrons. The molecule has 1 N–H and O–H groups in total. The number of carbonyl (C=O) groups is 1. The van der Waals surface area contributed by atoms with E-state index in [1.165, 1.54) is 0 Å². The number of carbonyl (C=O) groups excluding carboxylic acids is 1. The maximum atomic E-state index is 11.6. The molecule has 13 heavy (non-hydrogen) atoms. The van der Waals surface area contributed by atoms with Crippen molar-refractivity contribution >= 4 is 5.78 Å². The van der Waals surface area contributed by atoms with Gasteiger partial charge in [-0.15, -0.1) is 0 Å². The second-order valence-electron chi connectivity index (χ2n) is 4.82. The van der Waals surface area contributed by atoms with Crippen LogP contribution in [0.3, 0.4) is 0 Å². The van der Waals surface area contributed by atoms with Crippen LogP contribution in [0.2, 0.25) is 0 Å². The summed E-state index contributed by atoms with van der Waals surface area (Å²) in [6, 6.07) is 0. The lowest BCUT2D eigenvalue weighted by molar-refractivity contribution is -0.136. The van der Waals surface area contributed by atoms with Crippen molar-refractivity contribution in [3.63, 3.8) is 0 Å². The van der Waals surface area contributed by atoms with Gasteiger partial charge in [-0.3, -0.25) is 4.79 Å². The number of hydrogen-bond donors (Lipinski definition) is 1. The number of rotatable bonds is 3. The van der Waals surface area contributed by atoms with E-state index in [2.05, 4.69) is 0 Å². The number of ketones is 1. The second-order valence-corrected chi connectivity index (χ2v) is 4.82. The molecule has 1 unspecified atom stereocenters. The molecule has 2 heteroatoms. The van der Waals surface area contributed by atoms with Crippen LogP contribution in [0.4, 0.5) is 0 Å². The van der Waals surface area contributed by atoms with Gasteiger partial charge >= 0.3 is 0 Å². The van der Waals surface area contributed by atoms with Crippen LogP contribution in [-0.4, -0.2) is 17.0 Å². The van der Waals surface area contributed by atoms with Crippen molar-refractivity contribution < 1.29 is 9.90 Å². The van der Waals surface area contributed by atoms with Gasteiger partial charge in [-0.25, -0.2) is 0 Å². The van der Waals surface area contributed by atoms with E-state index in [0.717, 1.165) is 25.7 Å². The average Bonchev–Trinajstić information content (AvgIpc) is 2.50. The van der Waals surface area contributed by atoms with Crippen LogP contribution in [0.1, 0.15) is 46.5 Å². The molecule has 0 bridgehead atoms. The Hall–Kier alpha value is -0.370. The maximum absolute atomic E-state index is 11.6. The van der Waals surface area contributed by atoms with Gasteiger partial charge in [-0.05, 0) is 12.8 Å². The van der Waals surface area contributed by atoms with E-state index in [-0.39, 0.29) is 17.1 Å². The highest BCUT2D eigenvalue weighted by atomic mass is 16.3. The summed E-state index contributed by atoms with van der Waals surface area (Å²) in [4.78, 5) is 11.6. The Bertz CT molecular complexity index is 190. The third kappa shape index (κ3) is 2.11. The minimum Gasteiger partial charge on any atom is -0.385 e. The Morgan fingerprint density at radius 1 is 1.31 bits per heavy atom. The summed E-state index contributed by atoms with van der Waals surface area (Å²) >= 11 is 0. The van der Waals surface area contributed by atoms with Crippen LogP contribution >= 0.6 is 0 Å². The second kappa shape index (κ2) is 3.79. The normalized spacial score (nSPS) is 23.5. The Kier molecular flexibility index (Phi) is 3.12. The summed E-state index contributed by atoms with van der Waals surface area (Å²) in [7, 11) is 0. The first kappa shape index (κ1) is 10.7. The van der Waals surface area contributed by atoms with Gasteiger partial charge in [0.2, 0.25) is 0 Å². The molecule has 1 saturated carbocycles. The first-order valence-corrected chi connectivity index (χ1v) is 5.19. The zero-order valence-electron chi connectivity index (χ0n) is 8.84. The fourth-order valence-corrected chi connectivity index (χ4v) is 2.12. The van der Waals surface area contributed by atoms with Crippen LogP contribution in [0.5, 0.6) is 0 Å². The van der Waals surface area contributed by atoms with E-state index in [1.807, 2.05) is 20.8 Å². The summed E-state index contributed by atoms with van der Waals surface area (Å²) in [5.41, 5.74) is -0.138. The molecule has 0 spiro atoms. The van der Waals surface area contributed by atoms with Gasteiger partial charge in [0.05, 0.1) is 0 Å². The molecule has 1 rings (SSSR count). The Balaban J connectivity index is 2.65. The molecule has 0 saturated heterocycles. The molecular formula is C11H20O2. The van der Waals surface area contributed by atoms with Crippen LogP contribution in [-0.2, 0) is 4.79 Å². The first-order valence-electron chi connectivity index (χ1n) is 5.19. The SMILES string of the molecule is CC(C)C(=O)C(O)C1(C)CCCC1. The van der Waals surface area contributed by atoms with Crippen molar-refractivity contribution in [3.05, 3.63) is 0 Å². The van der Waals surface area contributed by atoms with E-state index in [4.69, 9.17) is 0 Å². The predicted octanol–water partition coefficient (Wildman–Crippen LogP) is 2.15. The summed E-state index contributed by atoms with van der Waals surface area (Å²) < 4.78 is 0. The average molecular weight is 184 g/mol. The van der Waals surface area contributed by atoms with Gasteiger partial charge in [0.15, 0.2) is 5.78 Å². The third-order valence-electron chi connectivity index (χ3n) is 3.24. The molecular weight excluding hydrogens is 164 g/mol. The van der Waals surface area contributed by atoms with E-state index in [0.29, 0.717) is 0 Å². The molecule has 1 fully saturated rings. The molecule has 1 atom stereocenters. The highest BCUT2D eigenvalue weighted by Gasteiger charge is 2.40. The molecule has 0 amide bonds. The zero-order valence-corrected chi connectivity index (χ0v) is 8.84. The fraction of sp³-hybridized carbons (Fsp3) is 0.909. The van der Waals surface area contributed by atoms with E-state index < -0.39 is 6.10 Å². The standard InChI is InChI=1S/C11H20O2/c1-8(2)9(12)10(13)11(3)6-4-5-7-11/h8,10,13H,4-7H2,1-3H3. The van der Waals surface area contributed by atoms with Crippen LogP contribution < -0.4 is 0 Å². The summed E-state index contributed by atoms with van der Waals surface area (Å²) in [5.74, 6) is -0.0446. The van der Waals surface area contributed by atoms with Crippen molar-refractivity contribution in [3.8, 4) is 0 Å². The number of aliphatic hydroxyl groups is 1. The molecule has 0 heterocycles. The lowest BCUT2D eigenvalue weighted by atomic mass is 9.78. The van der Waals surface area contributed by atoms with Gasteiger partial charge in [0.25, 0.3) is 0 Å². The largest absolute Gasteiger partial charge is 0.385 e. The quantitative estimate of drug-likeness (QED) is 0.729. The lowest BCUT2D eigenvalue weighted by Crippen LogP contribution is -2.38. The van der Waals surface area contributed by atoms with Crippen molar-refractivity contribution in [2.75, 3.05) is 0 Å². The molecule has 0 aromatic heterocycles. The first-order chi connectivity index (χ1) is 5.97. The molecule has 0 aromatic rings. The Morgan fingerprint density at radius 3 is 2.15 bits per heavy atom. The van der Waals surface area contributed by atoms with Crippen molar-refractivity contribution in [2.45, 2.75) is 52.6 Å². The summed E-state index contributed by atoms with van der Waals surface area (Å²) in [5, 5.41) is 9.90. The van der Waals surface area contributed by atoms with E-state index in [1.54, 1.807) is 0 Å². The van der Waals surface area contributed by atoms with Gasteiger partial charge in [-0.1, -0.05) is 33.6 Å². The highest BCUT2D eigenvalue weighted by molar-refractivity contribution is 5.85. The van der Waals surface area contributed by atoms with Gasteiger partial charge in [0, 0.05) is 11.3 Å². The van der Waals surface area contributed by atoms with Crippen LogP contribution in [0.15, 0.2) is 0 Å². The molecule has 1 aliphatic carbocycles. The van der Waals surface area contributed by atoms with Crippen LogP contribution in [0, 0.1) is 11.3 Å². The van der Waals surface area contributed by atoms with Crippen LogP contribution in [0.25, 0.3) is 0 Å². The van der Waals surface area contributed by atoms with Gasteiger partial charge in [0.1, 0.15) is 6.10 Å². The third-order valence-corrected chi connectivity index (χ3v) is 3.24. The lowest BCUT2D eigenvalue weighted by Gasteiger charge is -2.29. The zero-order chi connectivity index (χ0) is 10.1. The maximum Gasteiger partial charge on any atom is 0.164 e. The van der Waals surface area contributed by atoms with E-state index >= 15 is 0 Å². The van der Waals surface area contributed by atoms with Gasteiger partial charge in [-0.2, -0.15) is 0 Å². The summed E-state index contributed by atoms with van der Waals surface area (Å²) in [6.07, 6.45) is 3.55. The van der Waals surface area contributed by atoms with Crippen molar-refractivity contribution in [1.29, 1.82) is 0 Å². The van der Waals surface area contributed by atoms with Crippen molar-refractivity contribution in [2.24, 2.45) is 11.3 Å². The number of aliphatic hydroxyl groups excluding tert-OH is 1. The molecule has 0 aromatic carbocycles. The van der Waals surface area contributed by atoms with E-state index in [9.17, 15) is 9.90 Å². The number of hydrogen-bond acceptors (Lipinski definition) is 2. The minimum absolute atomic E-state index is 0.00407. The van der Waals surface area contributed by atoms with Crippen molar-refractivity contribution in [1.82, 2.24) is 0 Å². The smallest absolute Gasteiger partial charge is 0.164 e. The fourth-order valence-electron chi connectivity index (χ4n) is 2.12. The minimum atomic E-state index is -0.741. The number of Topliss-reactive ketones (excluding diaryl/α,β-unsaturated/α-hetero) is 1. The molecule has 0 aliphatic heterocycles. The molecule has 1 aliphatic rings. The topological polar surface area (TPSA) is 37.3 Å². The molecule has 2 nitrogen and oxygen atoms in total.